The molecule has 0 saturated heterocycles. The molecule has 0 unspecified atom stereocenters. The first-order valence-electron chi connectivity index (χ1n) is 11.3. The van der Waals surface area contributed by atoms with E-state index >= 15 is 0 Å². The van der Waals surface area contributed by atoms with Gasteiger partial charge in [0.2, 0.25) is 0 Å². The minimum absolute atomic E-state index is 0.289. The molecule has 5 aromatic rings. The van der Waals surface area contributed by atoms with Gasteiger partial charge in [0, 0.05) is 16.8 Å². The van der Waals surface area contributed by atoms with Crippen LogP contribution in [-0.2, 0) is 0 Å². The van der Waals surface area contributed by atoms with Crippen molar-refractivity contribution in [3.8, 4) is 11.1 Å². The average Bonchev–Trinajstić information content (AvgIpc) is 2.86. The number of carboxylic acids is 1. The number of aryl methyl sites for hydroxylation is 2. The molecule has 3 nitrogen and oxygen atoms in total. The summed E-state index contributed by atoms with van der Waals surface area (Å²) in [5.74, 6) is -0.916. The lowest BCUT2D eigenvalue weighted by Gasteiger charge is -2.27. The summed E-state index contributed by atoms with van der Waals surface area (Å²) in [5, 5.41) is 11.6. The van der Waals surface area contributed by atoms with E-state index in [9.17, 15) is 4.79 Å². The summed E-state index contributed by atoms with van der Waals surface area (Å²) in [6.45, 7) is 4.24. The molecule has 0 aliphatic heterocycles. The van der Waals surface area contributed by atoms with Gasteiger partial charge in [0.1, 0.15) is 0 Å². The van der Waals surface area contributed by atoms with E-state index in [1.165, 1.54) is 21.9 Å². The number of benzene rings is 5. The molecule has 0 bridgehead atoms. The Balaban J connectivity index is 1.61. The van der Waals surface area contributed by atoms with Crippen LogP contribution >= 0.6 is 0 Å². The number of carboxylic acid groups (broad SMARTS) is 1. The van der Waals surface area contributed by atoms with Crippen molar-refractivity contribution in [1.82, 2.24) is 0 Å². The molecule has 0 aliphatic rings. The van der Waals surface area contributed by atoms with Crippen molar-refractivity contribution in [1.29, 1.82) is 0 Å². The second-order valence-corrected chi connectivity index (χ2v) is 8.55. The third kappa shape index (κ3) is 4.04. The molecule has 5 rings (SSSR count). The lowest BCUT2D eigenvalue weighted by atomic mass is 10.0. The second-order valence-electron chi connectivity index (χ2n) is 8.55. The van der Waals surface area contributed by atoms with E-state index < -0.39 is 5.97 Å². The quantitative estimate of drug-likeness (QED) is 0.297. The predicted octanol–water partition coefficient (Wildman–Crippen LogP) is 8.29. The van der Waals surface area contributed by atoms with Crippen LogP contribution in [0.1, 0.15) is 21.5 Å². The number of aromatic carboxylic acids is 1. The van der Waals surface area contributed by atoms with Crippen molar-refractivity contribution >= 4 is 33.8 Å². The summed E-state index contributed by atoms with van der Waals surface area (Å²) in [6, 6.07) is 36.9. The number of nitrogens with zero attached hydrogens (tertiary/aromatic N) is 1. The third-order valence-corrected chi connectivity index (χ3v) is 6.24. The van der Waals surface area contributed by atoms with Crippen molar-refractivity contribution in [3.63, 3.8) is 0 Å². The zero-order valence-electron chi connectivity index (χ0n) is 19.2. The van der Waals surface area contributed by atoms with E-state index in [0.717, 1.165) is 28.2 Å². The predicted molar refractivity (Wildman–Crippen MR) is 141 cm³/mol. The molecule has 0 aromatic heterocycles. The molecule has 0 amide bonds. The van der Waals surface area contributed by atoms with E-state index in [2.05, 4.69) is 104 Å². The maximum absolute atomic E-state index is 11.2. The van der Waals surface area contributed by atoms with Crippen molar-refractivity contribution in [2.24, 2.45) is 0 Å². The summed E-state index contributed by atoms with van der Waals surface area (Å²) >= 11 is 0. The van der Waals surface area contributed by atoms with Gasteiger partial charge in [-0.2, -0.15) is 0 Å². The summed E-state index contributed by atoms with van der Waals surface area (Å²) in [6.07, 6.45) is 0. The number of rotatable bonds is 5. The number of carbonyl (C=O) groups is 1. The summed E-state index contributed by atoms with van der Waals surface area (Å²) in [7, 11) is 0. The fourth-order valence-corrected chi connectivity index (χ4v) is 4.37. The second kappa shape index (κ2) is 8.87. The number of anilines is 3. The molecule has 1 N–H and O–H groups in total. The molecule has 0 aliphatic carbocycles. The average molecular weight is 444 g/mol. The zero-order chi connectivity index (χ0) is 23.7. The van der Waals surface area contributed by atoms with Crippen LogP contribution in [0, 0.1) is 13.8 Å². The van der Waals surface area contributed by atoms with Crippen molar-refractivity contribution in [2.75, 3.05) is 4.90 Å². The molecule has 0 fully saturated rings. The van der Waals surface area contributed by atoms with Crippen molar-refractivity contribution in [2.45, 2.75) is 13.8 Å². The largest absolute Gasteiger partial charge is 0.478 e. The van der Waals surface area contributed by atoms with E-state index in [4.69, 9.17) is 5.11 Å². The highest BCUT2D eigenvalue weighted by atomic mass is 16.4. The summed E-state index contributed by atoms with van der Waals surface area (Å²) in [5.41, 5.74) is 8.07. The summed E-state index contributed by atoms with van der Waals surface area (Å²) in [4.78, 5) is 13.5. The third-order valence-electron chi connectivity index (χ3n) is 6.24. The highest BCUT2D eigenvalue weighted by molar-refractivity contribution is 6.00. The molecular formula is C31H25NO2. The normalized spacial score (nSPS) is 10.9. The Morgan fingerprint density at radius 1 is 0.618 bits per heavy atom. The van der Waals surface area contributed by atoms with Gasteiger partial charge in [0.15, 0.2) is 0 Å². The van der Waals surface area contributed by atoms with Gasteiger partial charge in [-0.15, -0.1) is 0 Å². The fourth-order valence-electron chi connectivity index (χ4n) is 4.37. The lowest BCUT2D eigenvalue weighted by Crippen LogP contribution is -2.10. The van der Waals surface area contributed by atoms with Gasteiger partial charge in [0.05, 0.1) is 11.3 Å². The van der Waals surface area contributed by atoms with E-state index in [0.29, 0.717) is 0 Å². The molecule has 0 saturated carbocycles. The van der Waals surface area contributed by atoms with Gasteiger partial charge in [0.25, 0.3) is 0 Å². The van der Waals surface area contributed by atoms with E-state index in [-0.39, 0.29) is 5.56 Å². The Kier molecular flexibility index (Phi) is 5.60. The van der Waals surface area contributed by atoms with Gasteiger partial charge < -0.3 is 10.0 Å². The van der Waals surface area contributed by atoms with Crippen LogP contribution in [0.3, 0.4) is 0 Å². The van der Waals surface area contributed by atoms with E-state index in [1.807, 2.05) is 12.1 Å². The van der Waals surface area contributed by atoms with Crippen LogP contribution < -0.4 is 4.90 Å². The van der Waals surface area contributed by atoms with Crippen molar-refractivity contribution < 1.29 is 9.90 Å². The standard InChI is InChI=1S/C31H25NO2/c1-21-9-17-26(18-10-21)32(30-8-4-6-28-22(2)5-3-7-29(28)30)27-19-15-24(16-20-27)23-11-13-25(14-12-23)31(33)34/h3-20H,1-2H3,(H,33,34). The van der Waals surface area contributed by atoms with Gasteiger partial charge in [-0.05, 0) is 78.4 Å². The van der Waals surface area contributed by atoms with Crippen LogP contribution in [0.15, 0.2) is 109 Å². The molecular weight excluding hydrogens is 418 g/mol. The molecule has 5 aromatic carbocycles. The topological polar surface area (TPSA) is 40.5 Å². The Morgan fingerprint density at radius 3 is 1.76 bits per heavy atom. The number of hydrogen-bond acceptors (Lipinski definition) is 2. The molecule has 166 valence electrons. The van der Waals surface area contributed by atoms with Crippen LogP contribution in [0.2, 0.25) is 0 Å². The maximum atomic E-state index is 11.2. The van der Waals surface area contributed by atoms with Gasteiger partial charge in [-0.1, -0.05) is 72.3 Å². The highest BCUT2D eigenvalue weighted by Gasteiger charge is 2.16. The fraction of sp³-hybridized carbons (Fsp3) is 0.0645. The van der Waals surface area contributed by atoms with Crippen LogP contribution in [0.25, 0.3) is 21.9 Å². The molecule has 3 heteroatoms. The highest BCUT2D eigenvalue weighted by Crippen LogP contribution is 2.40. The Bertz CT molecular complexity index is 1470. The molecule has 0 spiro atoms. The Labute approximate surface area is 199 Å². The minimum Gasteiger partial charge on any atom is -0.478 e. The monoisotopic (exact) mass is 443 g/mol. The van der Waals surface area contributed by atoms with E-state index in [1.54, 1.807) is 12.1 Å². The first-order chi connectivity index (χ1) is 16.5. The minimum atomic E-state index is -0.916. The van der Waals surface area contributed by atoms with Gasteiger partial charge in [-0.3, -0.25) is 0 Å². The Morgan fingerprint density at radius 2 is 1.15 bits per heavy atom. The van der Waals surface area contributed by atoms with Crippen LogP contribution in [-0.4, -0.2) is 11.1 Å². The zero-order valence-corrected chi connectivity index (χ0v) is 19.2. The first-order valence-corrected chi connectivity index (χ1v) is 11.3. The number of fused-ring (bicyclic) bond motifs is 1. The molecule has 0 heterocycles. The molecule has 0 atom stereocenters. The smallest absolute Gasteiger partial charge is 0.335 e. The van der Waals surface area contributed by atoms with Crippen LogP contribution in [0.5, 0.6) is 0 Å². The molecule has 0 radical (unpaired) electrons. The summed E-state index contributed by atoms with van der Waals surface area (Å²) < 4.78 is 0. The van der Waals surface area contributed by atoms with Crippen molar-refractivity contribution in [3.05, 3.63) is 126 Å². The van der Waals surface area contributed by atoms with Gasteiger partial charge in [-0.25, -0.2) is 4.79 Å². The Hall–Kier alpha value is -4.37. The van der Waals surface area contributed by atoms with Gasteiger partial charge >= 0.3 is 5.97 Å². The SMILES string of the molecule is Cc1ccc(N(c2ccc(-c3ccc(C(=O)O)cc3)cc2)c2cccc3c(C)cccc23)cc1. The number of hydrogen-bond donors (Lipinski definition) is 1. The lowest BCUT2D eigenvalue weighted by molar-refractivity contribution is 0.0697. The maximum Gasteiger partial charge on any atom is 0.335 e. The van der Waals surface area contributed by atoms with Crippen LogP contribution in [0.4, 0.5) is 17.1 Å². The first kappa shape index (κ1) is 21.5. The molecule has 34 heavy (non-hydrogen) atoms.